The lowest BCUT2D eigenvalue weighted by Crippen LogP contribution is -2.55. The number of nitrogens with zero attached hydrogens (tertiary/aromatic N) is 3. The number of hydrogen-bond acceptors (Lipinski definition) is 4. The zero-order chi connectivity index (χ0) is 12.3. The van der Waals surface area contributed by atoms with Gasteiger partial charge in [-0.1, -0.05) is 6.92 Å². The third-order valence-corrected chi connectivity index (χ3v) is 3.46. The number of carbonyl (C=O) groups is 1. The van der Waals surface area contributed by atoms with Crippen molar-refractivity contribution in [1.29, 1.82) is 0 Å². The SMILES string of the molecule is CCNC1(C(=O)O)CCCC(n2cncn2)C1. The highest BCUT2D eigenvalue weighted by Crippen LogP contribution is 2.35. The van der Waals surface area contributed by atoms with E-state index < -0.39 is 11.5 Å². The Hall–Kier alpha value is -1.43. The van der Waals surface area contributed by atoms with E-state index in [0.717, 1.165) is 12.8 Å². The second-order valence-corrected chi connectivity index (χ2v) is 4.54. The Balaban J connectivity index is 2.17. The monoisotopic (exact) mass is 238 g/mol. The molecule has 2 rings (SSSR count). The van der Waals surface area contributed by atoms with E-state index in [9.17, 15) is 9.90 Å². The number of rotatable bonds is 4. The molecule has 6 heteroatoms. The lowest BCUT2D eigenvalue weighted by atomic mass is 9.79. The molecule has 1 saturated carbocycles. The van der Waals surface area contributed by atoms with E-state index in [1.54, 1.807) is 11.0 Å². The van der Waals surface area contributed by atoms with E-state index in [4.69, 9.17) is 0 Å². The normalized spacial score (nSPS) is 29.1. The van der Waals surface area contributed by atoms with Crippen LogP contribution in [0.4, 0.5) is 0 Å². The van der Waals surface area contributed by atoms with Crippen molar-refractivity contribution >= 4 is 5.97 Å². The highest BCUT2D eigenvalue weighted by atomic mass is 16.4. The molecule has 0 amide bonds. The topological polar surface area (TPSA) is 80.0 Å². The van der Waals surface area contributed by atoms with Crippen molar-refractivity contribution in [3.05, 3.63) is 12.7 Å². The average molecular weight is 238 g/mol. The summed E-state index contributed by atoms with van der Waals surface area (Å²) >= 11 is 0. The van der Waals surface area contributed by atoms with E-state index in [-0.39, 0.29) is 6.04 Å². The summed E-state index contributed by atoms with van der Waals surface area (Å²) in [5.41, 5.74) is -0.802. The van der Waals surface area contributed by atoms with Crippen LogP contribution in [-0.2, 0) is 4.79 Å². The first-order valence-corrected chi connectivity index (χ1v) is 6.00. The van der Waals surface area contributed by atoms with Crippen LogP contribution in [0.2, 0.25) is 0 Å². The van der Waals surface area contributed by atoms with Gasteiger partial charge in [0, 0.05) is 0 Å². The Morgan fingerprint density at radius 2 is 2.53 bits per heavy atom. The van der Waals surface area contributed by atoms with Crippen LogP contribution in [0.15, 0.2) is 12.7 Å². The molecule has 1 heterocycles. The zero-order valence-corrected chi connectivity index (χ0v) is 9.96. The number of carboxylic acids is 1. The molecular formula is C11H18N4O2. The van der Waals surface area contributed by atoms with E-state index >= 15 is 0 Å². The fraction of sp³-hybridized carbons (Fsp3) is 0.727. The van der Waals surface area contributed by atoms with Crippen molar-refractivity contribution in [2.75, 3.05) is 6.54 Å². The van der Waals surface area contributed by atoms with Gasteiger partial charge in [0.05, 0.1) is 6.04 Å². The van der Waals surface area contributed by atoms with Gasteiger partial charge < -0.3 is 10.4 Å². The molecule has 6 nitrogen and oxygen atoms in total. The minimum atomic E-state index is -0.802. The lowest BCUT2D eigenvalue weighted by Gasteiger charge is -2.38. The summed E-state index contributed by atoms with van der Waals surface area (Å²) in [5.74, 6) is -0.760. The second-order valence-electron chi connectivity index (χ2n) is 4.54. The smallest absolute Gasteiger partial charge is 0.323 e. The highest BCUT2D eigenvalue weighted by Gasteiger charge is 2.42. The molecular weight excluding hydrogens is 220 g/mol. The predicted molar refractivity (Wildman–Crippen MR) is 61.6 cm³/mol. The molecule has 2 unspecified atom stereocenters. The van der Waals surface area contributed by atoms with Crippen LogP contribution in [0.5, 0.6) is 0 Å². The average Bonchev–Trinajstić information content (AvgIpc) is 2.83. The van der Waals surface area contributed by atoms with Gasteiger partial charge in [0.25, 0.3) is 0 Å². The van der Waals surface area contributed by atoms with Crippen LogP contribution in [0.1, 0.15) is 38.6 Å². The summed E-state index contributed by atoms with van der Waals surface area (Å²) in [5, 5.41) is 16.7. The Labute approximate surface area is 100 Å². The van der Waals surface area contributed by atoms with Gasteiger partial charge in [0.1, 0.15) is 18.2 Å². The van der Waals surface area contributed by atoms with Gasteiger partial charge in [-0.2, -0.15) is 5.10 Å². The van der Waals surface area contributed by atoms with Crippen LogP contribution < -0.4 is 5.32 Å². The first-order valence-electron chi connectivity index (χ1n) is 6.00. The maximum Gasteiger partial charge on any atom is 0.323 e. The first kappa shape index (κ1) is 12.0. The molecule has 0 aromatic carbocycles. The molecule has 17 heavy (non-hydrogen) atoms. The van der Waals surface area contributed by atoms with E-state index in [2.05, 4.69) is 15.4 Å². The lowest BCUT2D eigenvalue weighted by molar-refractivity contribution is -0.147. The third-order valence-electron chi connectivity index (χ3n) is 3.46. The van der Waals surface area contributed by atoms with Gasteiger partial charge >= 0.3 is 5.97 Å². The molecule has 0 spiro atoms. The van der Waals surface area contributed by atoms with Gasteiger partial charge in [-0.3, -0.25) is 4.79 Å². The summed E-state index contributed by atoms with van der Waals surface area (Å²) in [6, 6.07) is 0.126. The number of carboxylic acid groups (broad SMARTS) is 1. The van der Waals surface area contributed by atoms with Crippen LogP contribution >= 0.6 is 0 Å². The van der Waals surface area contributed by atoms with Crippen LogP contribution in [0.3, 0.4) is 0 Å². The second kappa shape index (κ2) is 4.83. The van der Waals surface area contributed by atoms with E-state index in [1.165, 1.54) is 6.33 Å². The number of aromatic nitrogens is 3. The molecule has 1 fully saturated rings. The van der Waals surface area contributed by atoms with Gasteiger partial charge in [-0.25, -0.2) is 9.67 Å². The summed E-state index contributed by atoms with van der Waals surface area (Å²) in [7, 11) is 0. The van der Waals surface area contributed by atoms with Crippen molar-refractivity contribution in [3.63, 3.8) is 0 Å². The maximum absolute atomic E-state index is 11.5. The summed E-state index contributed by atoms with van der Waals surface area (Å²) in [6.07, 6.45) is 6.26. The summed E-state index contributed by atoms with van der Waals surface area (Å²) < 4.78 is 1.77. The molecule has 2 N–H and O–H groups in total. The fourth-order valence-corrected chi connectivity index (χ4v) is 2.65. The largest absolute Gasteiger partial charge is 0.480 e. The number of nitrogens with one attached hydrogen (secondary N) is 1. The molecule has 1 aromatic heterocycles. The molecule has 1 aliphatic rings. The van der Waals surface area contributed by atoms with Gasteiger partial charge in [-0.15, -0.1) is 0 Å². The Bertz CT molecular complexity index is 375. The maximum atomic E-state index is 11.5. The molecule has 1 aromatic rings. The molecule has 0 saturated heterocycles. The molecule has 2 atom stereocenters. The Morgan fingerprint density at radius 1 is 1.71 bits per heavy atom. The molecule has 0 aliphatic heterocycles. The van der Waals surface area contributed by atoms with Crippen molar-refractivity contribution in [1.82, 2.24) is 20.1 Å². The van der Waals surface area contributed by atoms with Gasteiger partial charge in [0.15, 0.2) is 0 Å². The quantitative estimate of drug-likeness (QED) is 0.812. The van der Waals surface area contributed by atoms with E-state index in [1.807, 2.05) is 6.92 Å². The van der Waals surface area contributed by atoms with Crippen LogP contribution in [0, 0.1) is 0 Å². The zero-order valence-electron chi connectivity index (χ0n) is 9.96. The fourth-order valence-electron chi connectivity index (χ4n) is 2.65. The first-order chi connectivity index (χ1) is 8.18. The van der Waals surface area contributed by atoms with E-state index in [0.29, 0.717) is 19.4 Å². The van der Waals surface area contributed by atoms with Crippen LogP contribution in [-0.4, -0.2) is 37.9 Å². The highest BCUT2D eigenvalue weighted by molar-refractivity contribution is 5.79. The Kier molecular flexibility index (Phi) is 3.42. The standard InChI is InChI=1S/C11H18N4O2/c1-2-13-11(10(16)17)5-3-4-9(6-11)15-8-12-7-14-15/h7-9,13H,2-6H2,1H3,(H,16,17). The molecule has 1 aliphatic carbocycles. The minimum Gasteiger partial charge on any atom is -0.480 e. The van der Waals surface area contributed by atoms with Gasteiger partial charge in [0.2, 0.25) is 0 Å². The number of hydrogen-bond donors (Lipinski definition) is 2. The minimum absolute atomic E-state index is 0.126. The third kappa shape index (κ3) is 2.31. The summed E-state index contributed by atoms with van der Waals surface area (Å²) in [6.45, 7) is 2.60. The molecule has 0 bridgehead atoms. The summed E-state index contributed by atoms with van der Waals surface area (Å²) in [4.78, 5) is 15.4. The van der Waals surface area contributed by atoms with Crippen molar-refractivity contribution in [2.45, 2.75) is 44.2 Å². The Morgan fingerprint density at radius 3 is 3.12 bits per heavy atom. The molecule has 94 valence electrons. The van der Waals surface area contributed by atoms with Crippen molar-refractivity contribution in [3.8, 4) is 0 Å². The van der Waals surface area contributed by atoms with Crippen molar-refractivity contribution < 1.29 is 9.90 Å². The van der Waals surface area contributed by atoms with Crippen molar-refractivity contribution in [2.24, 2.45) is 0 Å². The molecule has 0 radical (unpaired) electrons. The number of likely N-dealkylation sites (N-methyl/N-ethyl adjacent to an activating group) is 1. The number of aliphatic carboxylic acids is 1. The predicted octanol–water partition coefficient (Wildman–Crippen LogP) is 0.826. The van der Waals surface area contributed by atoms with Gasteiger partial charge in [-0.05, 0) is 32.2 Å². The van der Waals surface area contributed by atoms with Crippen LogP contribution in [0.25, 0.3) is 0 Å².